The molecule has 2 atom stereocenters. The summed E-state index contributed by atoms with van der Waals surface area (Å²) in [5.74, 6) is 1.25. The van der Waals surface area contributed by atoms with Gasteiger partial charge in [-0.3, -0.25) is 29.7 Å². The fraction of sp³-hybridized carbons (Fsp3) is 0.417. The number of hydrogen-bond acceptors (Lipinski definition) is 13. The number of aryl methyl sites for hydroxylation is 1. The number of anilines is 3. The zero-order chi connectivity index (χ0) is 45.0. The summed E-state index contributed by atoms with van der Waals surface area (Å²) in [5.41, 5.74) is 8.67. The van der Waals surface area contributed by atoms with E-state index in [-0.39, 0.29) is 35.3 Å². The molecule has 3 N–H and O–H groups in total. The van der Waals surface area contributed by atoms with Crippen molar-refractivity contribution in [1.82, 2.24) is 45.6 Å². The number of hydrogen-bond donors (Lipinski definition) is 3. The van der Waals surface area contributed by atoms with Crippen LogP contribution in [0.5, 0.6) is 5.75 Å². The molecular weight excluding hydrogens is 825 g/mol. The van der Waals surface area contributed by atoms with Crippen molar-refractivity contribution in [3.8, 4) is 28.4 Å². The number of nitrogens with one attached hydrogen (secondary N) is 3. The maximum absolute atomic E-state index is 13.0. The van der Waals surface area contributed by atoms with E-state index in [1.807, 2.05) is 71.1 Å². The molecule has 2 aromatic carbocycles. The quantitative estimate of drug-likeness (QED) is 0.145. The van der Waals surface area contributed by atoms with Crippen LogP contribution in [-0.4, -0.2) is 111 Å². The van der Waals surface area contributed by atoms with Gasteiger partial charge in [-0.1, -0.05) is 38.1 Å². The van der Waals surface area contributed by atoms with Crippen LogP contribution in [0.3, 0.4) is 0 Å². The summed E-state index contributed by atoms with van der Waals surface area (Å²) in [4.78, 5) is 67.9. The van der Waals surface area contributed by atoms with E-state index in [0.717, 1.165) is 114 Å². The van der Waals surface area contributed by atoms with Crippen molar-refractivity contribution in [3.05, 3.63) is 90.0 Å². The van der Waals surface area contributed by atoms with Crippen LogP contribution in [-0.2, 0) is 10.2 Å². The summed E-state index contributed by atoms with van der Waals surface area (Å²) < 4.78 is 11.7. The minimum absolute atomic E-state index is 0.0551. The molecule has 6 aromatic rings. The number of imide groups is 1. The molecule has 0 bridgehead atoms. The maximum Gasteiger partial charge on any atom is 0.328 e. The number of ether oxygens (including phenoxy) is 1. The van der Waals surface area contributed by atoms with Crippen LogP contribution in [0, 0.1) is 12.8 Å². The van der Waals surface area contributed by atoms with Crippen molar-refractivity contribution in [2.45, 2.75) is 71.4 Å². The number of fused-ring (bicyclic) bond motifs is 4. The first-order valence-corrected chi connectivity index (χ1v) is 22.5. The van der Waals surface area contributed by atoms with Crippen molar-refractivity contribution in [2.24, 2.45) is 5.92 Å². The Balaban J connectivity index is 0.750. The number of piperidine rings is 1. The van der Waals surface area contributed by atoms with Crippen LogP contribution in [0.15, 0.2) is 71.6 Å². The first kappa shape index (κ1) is 42.1. The van der Waals surface area contributed by atoms with Gasteiger partial charge in [-0.05, 0) is 80.1 Å². The Kier molecular flexibility index (Phi) is 11.0. The highest BCUT2D eigenvalue weighted by Crippen LogP contribution is 2.39. The van der Waals surface area contributed by atoms with E-state index in [9.17, 15) is 14.4 Å². The van der Waals surface area contributed by atoms with Crippen LogP contribution in [0.4, 0.5) is 21.9 Å². The second kappa shape index (κ2) is 16.9. The van der Waals surface area contributed by atoms with E-state index in [2.05, 4.69) is 69.7 Å². The van der Waals surface area contributed by atoms with Crippen LogP contribution < -0.4 is 30.1 Å². The summed E-state index contributed by atoms with van der Waals surface area (Å²) in [6, 6.07) is 17.9. The number of carbonyl (C=O) groups is 3. The van der Waals surface area contributed by atoms with E-state index < -0.39 is 5.91 Å². The highest BCUT2D eigenvalue weighted by molar-refractivity contribution is 6.05. The molecule has 336 valence electrons. The molecule has 17 nitrogen and oxygen atoms in total. The number of aromatic amines is 1. The second-order valence-corrected chi connectivity index (χ2v) is 18.8. The molecule has 8 heterocycles. The largest absolute Gasteiger partial charge is 0.489 e. The summed E-state index contributed by atoms with van der Waals surface area (Å²) >= 11 is 0. The normalized spacial score (nSPS) is 18.8. The number of rotatable bonds is 9. The van der Waals surface area contributed by atoms with Gasteiger partial charge in [0.15, 0.2) is 5.82 Å². The van der Waals surface area contributed by atoms with Gasteiger partial charge in [0.1, 0.15) is 24.3 Å². The SMILES string of the molecule is Cc1cc(-c2ncnc3[nH]c(-c4cc5c(cn4)N4CCN(CC6CCN(c7ccc(N8CCC(=O)NC8=O)cc7)CC6)CC4CO5)cc23)ccc1[C@@H](C)NC(=O)c1nc(C(C)(C)C)no1. The Morgan fingerprint density at radius 1 is 0.954 bits per heavy atom. The minimum Gasteiger partial charge on any atom is -0.489 e. The van der Waals surface area contributed by atoms with Gasteiger partial charge in [-0.2, -0.15) is 4.98 Å². The number of H-pyrrole nitrogens is 1. The number of urea groups is 1. The minimum atomic E-state index is -0.417. The third kappa shape index (κ3) is 8.47. The van der Waals surface area contributed by atoms with Crippen molar-refractivity contribution >= 4 is 45.9 Å². The van der Waals surface area contributed by atoms with Crippen LogP contribution in [0.25, 0.3) is 33.7 Å². The molecular formula is C48H54N12O5. The number of carbonyl (C=O) groups excluding carboxylic acids is 3. The molecule has 0 spiro atoms. The fourth-order valence-electron chi connectivity index (χ4n) is 9.61. The number of benzene rings is 2. The van der Waals surface area contributed by atoms with E-state index in [4.69, 9.17) is 19.2 Å². The molecule has 4 aliphatic heterocycles. The lowest BCUT2D eigenvalue weighted by Gasteiger charge is -2.46. The summed E-state index contributed by atoms with van der Waals surface area (Å²) in [6.07, 6.45) is 6.09. The van der Waals surface area contributed by atoms with Gasteiger partial charge < -0.3 is 29.4 Å². The Morgan fingerprint density at radius 3 is 2.51 bits per heavy atom. The number of nitrogens with zero attached hydrogens (tertiary/aromatic N) is 9. The fourth-order valence-corrected chi connectivity index (χ4v) is 9.61. The molecule has 0 saturated carbocycles. The van der Waals surface area contributed by atoms with Crippen LogP contribution in [0.1, 0.15) is 80.6 Å². The smallest absolute Gasteiger partial charge is 0.328 e. The number of pyridine rings is 1. The Hall–Kier alpha value is -6.88. The third-order valence-corrected chi connectivity index (χ3v) is 13.2. The predicted octanol–water partition coefficient (Wildman–Crippen LogP) is 6.41. The lowest BCUT2D eigenvalue weighted by atomic mass is 9.95. The first-order chi connectivity index (χ1) is 31.3. The van der Waals surface area contributed by atoms with E-state index in [1.54, 1.807) is 11.2 Å². The Bertz CT molecular complexity index is 2770. The standard InChI is InChI=1S/C48H54N12O5/c1-28-20-31(6-11-35(28)29(2)52-44(62)45-55-46(56-65-45)48(3,4)5)42-36-21-38(53-43(36)51-27-50-42)37-22-40-39(23-49-37)59-19-18-57(25-34(59)26-64-40)24-30-12-15-58(16-13-30)32-7-9-33(10-8-32)60-17-14-41(61)54-47(60)63/h6-11,20-23,27,29-30,34H,12-19,24-26H2,1-5H3,(H,52,62)(H,50,51,53)(H,54,61,63)/t29-,34?/m1/s1. The lowest BCUT2D eigenvalue weighted by molar-refractivity contribution is -0.120. The topological polar surface area (TPSA) is 191 Å². The zero-order valence-corrected chi connectivity index (χ0v) is 37.4. The molecule has 10 rings (SSSR count). The Morgan fingerprint density at radius 2 is 1.75 bits per heavy atom. The first-order valence-electron chi connectivity index (χ1n) is 22.5. The molecule has 4 aromatic heterocycles. The molecule has 65 heavy (non-hydrogen) atoms. The molecule has 17 heteroatoms. The Labute approximate surface area is 377 Å². The number of aromatic nitrogens is 6. The summed E-state index contributed by atoms with van der Waals surface area (Å²) in [6.45, 7) is 16.8. The summed E-state index contributed by atoms with van der Waals surface area (Å²) in [5, 5.41) is 10.3. The van der Waals surface area contributed by atoms with Gasteiger partial charge in [-0.15, -0.1) is 0 Å². The van der Waals surface area contributed by atoms with Gasteiger partial charge in [0.05, 0.1) is 41.0 Å². The van der Waals surface area contributed by atoms with Crippen molar-refractivity contribution in [1.29, 1.82) is 0 Å². The lowest BCUT2D eigenvalue weighted by Crippen LogP contribution is -2.58. The molecule has 1 unspecified atom stereocenters. The van der Waals surface area contributed by atoms with Gasteiger partial charge in [0, 0.05) is 86.0 Å². The van der Waals surface area contributed by atoms with Crippen molar-refractivity contribution in [2.75, 3.05) is 67.1 Å². The highest BCUT2D eigenvalue weighted by atomic mass is 16.5. The van der Waals surface area contributed by atoms with E-state index in [1.165, 1.54) is 0 Å². The van der Waals surface area contributed by atoms with Gasteiger partial charge in [0.25, 0.3) is 0 Å². The van der Waals surface area contributed by atoms with Gasteiger partial charge in [0.2, 0.25) is 5.91 Å². The van der Waals surface area contributed by atoms with Crippen molar-refractivity contribution < 1.29 is 23.6 Å². The molecule has 3 saturated heterocycles. The molecule has 0 radical (unpaired) electrons. The van der Waals surface area contributed by atoms with Gasteiger partial charge in [-0.25, -0.2) is 14.8 Å². The second-order valence-electron chi connectivity index (χ2n) is 18.8. The van der Waals surface area contributed by atoms with E-state index >= 15 is 0 Å². The van der Waals surface area contributed by atoms with Crippen LogP contribution >= 0.6 is 0 Å². The number of amides is 4. The third-order valence-electron chi connectivity index (χ3n) is 13.2. The predicted molar refractivity (Wildman–Crippen MR) is 246 cm³/mol. The zero-order valence-electron chi connectivity index (χ0n) is 37.4. The molecule has 3 fully saturated rings. The molecule has 0 aliphatic carbocycles. The number of piperazine rings is 1. The molecule has 4 amide bonds. The van der Waals surface area contributed by atoms with Gasteiger partial charge >= 0.3 is 17.8 Å². The average Bonchev–Trinajstić information content (AvgIpc) is 3.99. The summed E-state index contributed by atoms with van der Waals surface area (Å²) in [7, 11) is 0. The average molecular weight is 879 g/mol. The van der Waals surface area contributed by atoms with Crippen molar-refractivity contribution in [3.63, 3.8) is 0 Å². The monoisotopic (exact) mass is 878 g/mol. The highest BCUT2D eigenvalue weighted by Gasteiger charge is 2.35. The van der Waals surface area contributed by atoms with E-state index in [0.29, 0.717) is 37.0 Å². The molecule has 4 aliphatic rings. The maximum atomic E-state index is 13.0. The van der Waals surface area contributed by atoms with Crippen LogP contribution in [0.2, 0.25) is 0 Å².